The van der Waals surface area contributed by atoms with Crippen LogP contribution in [0.4, 0.5) is 4.79 Å². The smallest absolute Gasteiger partial charge is 0.316 e. The van der Waals surface area contributed by atoms with E-state index in [-0.39, 0.29) is 18.0 Å². The molecule has 1 rings (SSSR count). The van der Waals surface area contributed by atoms with Gasteiger partial charge < -0.3 is 20.9 Å². The number of urea groups is 1. The number of carbonyl (C=O) groups is 2. The van der Waals surface area contributed by atoms with Crippen molar-refractivity contribution in [1.82, 2.24) is 20.9 Å². The predicted octanol–water partition coefficient (Wildman–Crippen LogP) is -0.0956. The maximum atomic E-state index is 11.8. The third-order valence-electron chi connectivity index (χ3n) is 3.04. The Morgan fingerprint density at radius 2 is 1.89 bits per heavy atom. The average Bonchev–Trinajstić information content (AvgIpc) is 2.33. The topological polar surface area (TPSA) is 73.5 Å². The van der Waals surface area contributed by atoms with E-state index in [0.29, 0.717) is 19.1 Å². The van der Waals surface area contributed by atoms with Crippen LogP contribution in [0, 0.1) is 0 Å². The lowest BCUT2D eigenvalue weighted by Crippen LogP contribution is -2.51. The second kappa shape index (κ2) is 7.20. The van der Waals surface area contributed by atoms with Crippen LogP contribution in [0.15, 0.2) is 0 Å². The van der Waals surface area contributed by atoms with E-state index >= 15 is 0 Å². The lowest BCUT2D eigenvalue weighted by atomic mass is 9.99. The number of piperidine rings is 1. The molecule has 104 valence electrons. The molecule has 2 unspecified atom stereocenters. The van der Waals surface area contributed by atoms with Gasteiger partial charge in [-0.15, -0.1) is 0 Å². The van der Waals surface area contributed by atoms with Gasteiger partial charge in [0.1, 0.15) is 0 Å². The maximum Gasteiger partial charge on any atom is 0.316 e. The molecule has 1 saturated heterocycles. The van der Waals surface area contributed by atoms with Gasteiger partial charge >= 0.3 is 6.03 Å². The van der Waals surface area contributed by atoms with E-state index in [1.54, 1.807) is 14.1 Å². The minimum atomic E-state index is -0.145. The van der Waals surface area contributed by atoms with Gasteiger partial charge in [0.2, 0.25) is 5.91 Å². The van der Waals surface area contributed by atoms with Gasteiger partial charge in [0.05, 0.1) is 6.04 Å². The van der Waals surface area contributed by atoms with Crippen molar-refractivity contribution >= 4 is 11.9 Å². The van der Waals surface area contributed by atoms with Crippen molar-refractivity contribution in [2.75, 3.05) is 27.2 Å². The Balaban J connectivity index is 2.15. The molecule has 1 heterocycles. The highest BCUT2D eigenvalue weighted by atomic mass is 16.2. The van der Waals surface area contributed by atoms with Crippen LogP contribution in [0.2, 0.25) is 0 Å². The third-order valence-corrected chi connectivity index (χ3v) is 3.04. The number of hydrogen-bond acceptors (Lipinski definition) is 3. The Morgan fingerprint density at radius 1 is 1.22 bits per heavy atom. The van der Waals surface area contributed by atoms with Gasteiger partial charge in [0, 0.05) is 33.2 Å². The molecule has 1 fully saturated rings. The second-order valence-electron chi connectivity index (χ2n) is 4.97. The van der Waals surface area contributed by atoms with Crippen LogP contribution in [-0.2, 0) is 4.79 Å². The zero-order chi connectivity index (χ0) is 13.5. The molecule has 6 heteroatoms. The number of carbonyl (C=O) groups excluding carboxylic acids is 2. The Kier molecular flexibility index (Phi) is 5.91. The highest BCUT2D eigenvalue weighted by molar-refractivity contribution is 5.82. The summed E-state index contributed by atoms with van der Waals surface area (Å²) in [4.78, 5) is 24.5. The van der Waals surface area contributed by atoms with Crippen LogP contribution < -0.4 is 16.0 Å². The van der Waals surface area contributed by atoms with E-state index in [4.69, 9.17) is 0 Å². The van der Waals surface area contributed by atoms with Crippen LogP contribution in [0.3, 0.4) is 0 Å². The molecule has 6 nitrogen and oxygen atoms in total. The standard InChI is InChI=1S/C12H24N4O2/c1-9-5-4-6-10(15-9)11(17)13-7-8-14-12(18)16(2)3/h9-10,15H,4-8H2,1-3H3,(H,13,17)(H,14,18). The van der Waals surface area contributed by atoms with Crippen molar-refractivity contribution in [2.24, 2.45) is 0 Å². The number of nitrogens with one attached hydrogen (secondary N) is 3. The first-order valence-electron chi connectivity index (χ1n) is 6.49. The minimum absolute atomic E-state index is 0.0284. The number of amides is 3. The van der Waals surface area contributed by atoms with Crippen LogP contribution in [0.5, 0.6) is 0 Å². The largest absolute Gasteiger partial charge is 0.353 e. The van der Waals surface area contributed by atoms with Crippen LogP contribution in [0.1, 0.15) is 26.2 Å². The van der Waals surface area contributed by atoms with Gasteiger partial charge in [-0.1, -0.05) is 0 Å². The summed E-state index contributed by atoms with van der Waals surface area (Å²) < 4.78 is 0. The fraction of sp³-hybridized carbons (Fsp3) is 0.833. The molecule has 0 saturated carbocycles. The van der Waals surface area contributed by atoms with E-state index < -0.39 is 0 Å². The summed E-state index contributed by atoms with van der Waals surface area (Å²) in [7, 11) is 3.36. The van der Waals surface area contributed by atoms with E-state index in [2.05, 4.69) is 22.9 Å². The summed E-state index contributed by atoms with van der Waals surface area (Å²) in [5.74, 6) is 0.0284. The van der Waals surface area contributed by atoms with Crippen molar-refractivity contribution in [1.29, 1.82) is 0 Å². The van der Waals surface area contributed by atoms with Gasteiger partial charge in [0.15, 0.2) is 0 Å². The van der Waals surface area contributed by atoms with E-state index in [1.807, 2.05) is 0 Å². The highest BCUT2D eigenvalue weighted by Gasteiger charge is 2.23. The predicted molar refractivity (Wildman–Crippen MR) is 70.3 cm³/mol. The summed E-state index contributed by atoms with van der Waals surface area (Å²) in [6, 6.07) is 0.176. The van der Waals surface area contributed by atoms with Gasteiger partial charge in [-0.25, -0.2) is 4.79 Å². The molecule has 0 radical (unpaired) electrons. The van der Waals surface area contributed by atoms with Crippen molar-refractivity contribution in [3.63, 3.8) is 0 Å². The van der Waals surface area contributed by atoms with Crippen molar-refractivity contribution in [2.45, 2.75) is 38.3 Å². The summed E-state index contributed by atoms with van der Waals surface area (Å²) in [5.41, 5.74) is 0. The van der Waals surface area contributed by atoms with E-state index in [1.165, 1.54) is 4.90 Å². The van der Waals surface area contributed by atoms with E-state index in [0.717, 1.165) is 19.3 Å². The van der Waals surface area contributed by atoms with Crippen molar-refractivity contribution in [3.8, 4) is 0 Å². The molecule has 1 aliphatic heterocycles. The van der Waals surface area contributed by atoms with Crippen molar-refractivity contribution < 1.29 is 9.59 Å². The minimum Gasteiger partial charge on any atom is -0.353 e. The molecule has 0 aromatic heterocycles. The zero-order valence-electron chi connectivity index (χ0n) is 11.5. The molecule has 1 aliphatic rings. The number of nitrogens with zero attached hydrogens (tertiary/aromatic N) is 1. The van der Waals surface area contributed by atoms with Crippen LogP contribution in [-0.4, -0.2) is 56.1 Å². The maximum absolute atomic E-state index is 11.8. The monoisotopic (exact) mass is 256 g/mol. The average molecular weight is 256 g/mol. The SMILES string of the molecule is CC1CCCC(C(=O)NCCNC(=O)N(C)C)N1. The van der Waals surface area contributed by atoms with Gasteiger partial charge in [-0.3, -0.25) is 4.79 Å². The first-order valence-corrected chi connectivity index (χ1v) is 6.49. The molecule has 2 atom stereocenters. The molecular weight excluding hydrogens is 232 g/mol. The quantitative estimate of drug-likeness (QED) is 0.615. The van der Waals surface area contributed by atoms with Gasteiger partial charge in [-0.05, 0) is 26.2 Å². The third kappa shape index (κ3) is 4.91. The molecule has 0 aromatic rings. The summed E-state index contributed by atoms with van der Waals surface area (Å²) in [6.07, 6.45) is 3.10. The summed E-state index contributed by atoms with van der Waals surface area (Å²) in [6.45, 7) is 3.01. The molecular formula is C12H24N4O2. The summed E-state index contributed by atoms with van der Waals surface area (Å²) >= 11 is 0. The molecule has 3 N–H and O–H groups in total. The molecule has 0 bridgehead atoms. The molecule has 0 spiro atoms. The fourth-order valence-electron chi connectivity index (χ4n) is 1.98. The first kappa shape index (κ1) is 14.8. The zero-order valence-corrected chi connectivity index (χ0v) is 11.5. The Labute approximate surface area is 108 Å². The molecule has 0 aliphatic carbocycles. The van der Waals surface area contributed by atoms with Gasteiger partial charge in [-0.2, -0.15) is 0 Å². The second-order valence-corrected chi connectivity index (χ2v) is 4.97. The molecule has 18 heavy (non-hydrogen) atoms. The Bertz CT molecular complexity index is 294. The number of rotatable bonds is 4. The normalized spacial score (nSPS) is 23.3. The van der Waals surface area contributed by atoms with Crippen LogP contribution in [0.25, 0.3) is 0 Å². The molecule has 3 amide bonds. The van der Waals surface area contributed by atoms with E-state index in [9.17, 15) is 9.59 Å². The Hall–Kier alpha value is -1.30. The number of hydrogen-bond donors (Lipinski definition) is 3. The summed E-state index contributed by atoms with van der Waals surface area (Å²) in [5, 5.41) is 8.81. The van der Waals surface area contributed by atoms with Gasteiger partial charge in [0.25, 0.3) is 0 Å². The lowest BCUT2D eigenvalue weighted by Gasteiger charge is -2.27. The van der Waals surface area contributed by atoms with Crippen LogP contribution >= 0.6 is 0 Å². The Morgan fingerprint density at radius 3 is 2.50 bits per heavy atom. The fourth-order valence-corrected chi connectivity index (χ4v) is 1.98. The van der Waals surface area contributed by atoms with Crippen molar-refractivity contribution in [3.05, 3.63) is 0 Å². The highest BCUT2D eigenvalue weighted by Crippen LogP contribution is 2.11. The lowest BCUT2D eigenvalue weighted by molar-refractivity contribution is -0.123. The first-order chi connectivity index (χ1) is 8.50. The molecule has 0 aromatic carbocycles.